The molecule has 0 fully saturated rings. The SMILES string of the molecule is Cc1ccc(CC(=O)N/N=C/c2ccc(COc3ccccc3[N+](=O)[O-])o2)c(C)c1. The number of carbonyl (C=O) groups is 1. The van der Waals surface area contributed by atoms with Gasteiger partial charge in [-0.25, -0.2) is 5.43 Å². The van der Waals surface area contributed by atoms with Gasteiger partial charge in [0.1, 0.15) is 18.1 Å². The van der Waals surface area contributed by atoms with Crippen molar-refractivity contribution < 1.29 is 18.9 Å². The number of nitrogens with zero attached hydrogens (tertiary/aromatic N) is 2. The molecule has 3 rings (SSSR count). The van der Waals surface area contributed by atoms with Gasteiger partial charge in [-0.2, -0.15) is 5.10 Å². The first-order chi connectivity index (χ1) is 14.4. The minimum Gasteiger partial charge on any atom is -0.479 e. The van der Waals surface area contributed by atoms with Crippen LogP contribution in [0.25, 0.3) is 0 Å². The lowest BCUT2D eigenvalue weighted by Crippen LogP contribution is -2.20. The number of rotatable bonds is 8. The molecular weight excluding hydrogens is 386 g/mol. The number of aryl methyl sites for hydroxylation is 2. The summed E-state index contributed by atoms with van der Waals surface area (Å²) in [7, 11) is 0. The highest BCUT2D eigenvalue weighted by molar-refractivity contribution is 5.81. The van der Waals surface area contributed by atoms with Crippen LogP contribution in [-0.4, -0.2) is 17.0 Å². The summed E-state index contributed by atoms with van der Waals surface area (Å²) in [6.45, 7) is 4.00. The zero-order valence-electron chi connectivity index (χ0n) is 16.6. The normalized spacial score (nSPS) is 10.9. The molecule has 30 heavy (non-hydrogen) atoms. The van der Waals surface area contributed by atoms with Crippen molar-refractivity contribution in [3.8, 4) is 5.75 Å². The molecule has 2 aromatic carbocycles. The Morgan fingerprint density at radius 1 is 1.20 bits per heavy atom. The lowest BCUT2D eigenvalue weighted by atomic mass is 10.0. The number of nitro benzene ring substituents is 1. The molecule has 0 bridgehead atoms. The van der Waals surface area contributed by atoms with E-state index >= 15 is 0 Å². The highest BCUT2D eigenvalue weighted by atomic mass is 16.6. The standard InChI is InChI=1S/C22H21N3O5/c1-15-7-8-17(16(2)11-15)12-22(26)24-23-13-18-9-10-19(30-18)14-29-21-6-4-3-5-20(21)25(27)28/h3-11,13H,12,14H2,1-2H3,(H,24,26)/b23-13+. The molecule has 0 atom stereocenters. The Morgan fingerprint density at radius 3 is 2.77 bits per heavy atom. The maximum Gasteiger partial charge on any atom is 0.310 e. The van der Waals surface area contributed by atoms with Crippen LogP contribution in [0.5, 0.6) is 5.75 Å². The molecule has 0 aliphatic rings. The van der Waals surface area contributed by atoms with Crippen LogP contribution in [0, 0.1) is 24.0 Å². The summed E-state index contributed by atoms with van der Waals surface area (Å²) in [5, 5.41) is 14.9. The van der Waals surface area contributed by atoms with Gasteiger partial charge in [-0.15, -0.1) is 0 Å². The number of hydrazone groups is 1. The maximum atomic E-state index is 12.1. The largest absolute Gasteiger partial charge is 0.479 e. The van der Waals surface area contributed by atoms with Crippen LogP contribution in [0.4, 0.5) is 5.69 Å². The number of carbonyl (C=O) groups excluding carboxylic acids is 1. The lowest BCUT2D eigenvalue weighted by Gasteiger charge is -2.05. The number of ether oxygens (including phenoxy) is 1. The number of nitro groups is 1. The fourth-order valence-electron chi connectivity index (χ4n) is 2.84. The maximum absolute atomic E-state index is 12.1. The number of nitrogens with one attached hydrogen (secondary N) is 1. The van der Waals surface area contributed by atoms with Gasteiger partial charge in [0.05, 0.1) is 17.6 Å². The van der Waals surface area contributed by atoms with Crippen molar-refractivity contribution in [2.24, 2.45) is 5.10 Å². The van der Waals surface area contributed by atoms with Crippen LogP contribution in [0.15, 0.2) is 64.1 Å². The zero-order chi connectivity index (χ0) is 21.5. The summed E-state index contributed by atoms with van der Waals surface area (Å²) in [5.41, 5.74) is 5.51. The number of benzene rings is 2. The van der Waals surface area contributed by atoms with Gasteiger partial charge in [0.2, 0.25) is 5.91 Å². The third-order valence-corrected chi connectivity index (χ3v) is 4.34. The van der Waals surface area contributed by atoms with Crippen molar-refractivity contribution in [1.82, 2.24) is 5.43 Å². The van der Waals surface area contributed by atoms with Crippen LogP contribution in [-0.2, 0) is 17.8 Å². The second-order valence-corrected chi connectivity index (χ2v) is 6.72. The van der Waals surface area contributed by atoms with E-state index in [-0.39, 0.29) is 30.4 Å². The average Bonchev–Trinajstić information content (AvgIpc) is 3.16. The van der Waals surface area contributed by atoms with Crippen molar-refractivity contribution >= 4 is 17.8 Å². The first kappa shape index (κ1) is 20.8. The first-order valence-electron chi connectivity index (χ1n) is 9.25. The van der Waals surface area contributed by atoms with Gasteiger partial charge < -0.3 is 9.15 Å². The van der Waals surface area contributed by atoms with E-state index in [0.717, 1.165) is 16.7 Å². The Hall–Kier alpha value is -3.94. The molecule has 1 N–H and O–H groups in total. The fourth-order valence-corrected chi connectivity index (χ4v) is 2.84. The molecule has 0 aliphatic heterocycles. The number of hydrogen-bond donors (Lipinski definition) is 1. The smallest absolute Gasteiger partial charge is 0.310 e. The monoisotopic (exact) mass is 407 g/mol. The number of para-hydroxylation sites is 2. The first-order valence-corrected chi connectivity index (χ1v) is 9.25. The minimum absolute atomic E-state index is 0.0255. The van der Waals surface area contributed by atoms with Crippen LogP contribution < -0.4 is 10.2 Å². The molecule has 8 heteroatoms. The van der Waals surface area contributed by atoms with Gasteiger partial charge >= 0.3 is 5.69 Å². The zero-order valence-corrected chi connectivity index (χ0v) is 16.6. The molecular formula is C22H21N3O5. The molecule has 3 aromatic rings. The Kier molecular flexibility index (Phi) is 6.59. The van der Waals surface area contributed by atoms with E-state index in [4.69, 9.17) is 9.15 Å². The van der Waals surface area contributed by atoms with E-state index in [1.54, 1.807) is 24.3 Å². The third-order valence-electron chi connectivity index (χ3n) is 4.34. The molecule has 0 spiro atoms. The van der Waals surface area contributed by atoms with Crippen LogP contribution in [0.1, 0.15) is 28.2 Å². The molecule has 0 aliphatic carbocycles. The summed E-state index contributed by atoms with van der Waals surface area (Å²) in [5.74, 6) is 0.816. The molecule has 0 saturated carbocycles. The van der Waals surface area contributed by atoms with E-state index in [9.17, 15) is 14.9 Å². The quantitative estimate of drug-likeness (QED) is 0.344. The average molecular weight is 407 g/mol. The van der Waals surface area contributed by atoms with Crippen LogP contribution in [0.2, 0.25) is 0 Å². The van der Waals surface area contributed by atoms with Gasteiger partial charge in [0, 0.05) is 6.07 Å². The topological polar surface area (TPSA) is 107 Å². The molecule has 0 saturated heterocycles. The summed E-state index contributed by atoms with van der Waals surface area (Å²) in [6, 6.07) is 15.4. The fraction of sp³-hybridized carbons (Fsp3) is 0.182. The van der Waals surface area contributed by atoms with Crippen LogP contribution in [0.3, 0.4) is 0 Å². The van der Waals surface area contributed by atoms with Crippen molar-refractivity contribution in [2.45, 2.75) is 26.9 Å². The third kappa shape index (κ3) is 5.54. The van der Waals surface area contributed by atoms with E-state index in [1.165, 1.54) is 18.3 Å². The molecule has 154 valence electrons. The summed E-state index contributed by atoms with van der Waals surface area (Å²) >= 11 is 0. The second-order valence-electron chi connectivity index (χ2n) is 6.72. The van der Waals surface area contributed by atoms with Gasteiger partial charge in [-0.3, -0.25) is 14.9 Å². The molecule has 0 unspecified atom stereocenters. The number of amides is 1. The Balaban J connectivity index is 1.52. The Morgan fingerprint density at radius 2 is 2.00 bits per heavy atom. The van der Waals surface area contributed by atoms with Gasteiger partial charge in [-0.1, -0.05) is 35.9 Å². The predicted molar refractivity (Wildman–Crippen MR) is 111 cm³/mol. The van der Waals surface area contributed by atoms with E-state index < -0.39 is 4.92 Å². The van der Waals surface area contributed by atoms with E-state index in [1.807, 2.05) is 32.0 Å². The predicted octanol–water partition coefficient (Wildman–Crippen LogP) is 4.08. The van der Waals surface area contributed by atoms with Gasteiger partial charge in [0.25, 0.3) is 0 Å². The number of hydrogen-bond acceptors (Lipinski definition) is 6. The van der Waals surface area contributed by atoms with E-state index in [2.05, 4.69) is 10.5 Å². The Bertz CT molecular complexity index is 1090. The van der Waals surface area contributed by atoms with Crippen molar-refractivity contribution in [2.75, 3.05) is 0 Å². The molecule has 0 radical (unpaired) electrons. The summed E-state index contributed by atoms with van der Waals surface area (Å²) < 4.78 is 11.0. The molecule has 1 aromatic heterocycles. The second kappa shape index (κ2) is 9.51. The lowest BCUT2D eigenvalue weighted by molar-refractivity contribution is -0.386. The van der Waals surface area contributed by atoms with Crippen molar-refractivity contribution in [3.05, 3.63) is 92.9 Å². The summed E-state index contributed by atoms with van der Waals surface area (Å²) in [4.78, 5) is 22.6. The van der Waals surface area contributed by atoms with Crippen molar-refractivity contribution in [3.63, 3.8) is 0 Å². The highest BCUT2D eigenvalue weighted by Gasteiger charge is 2.14. The highest BCUT2D eigenvalue weighted by Crippen LogP contribution is 2.26. The molecule has 1 amide bonds. The molecule has 8 nitrogen and oxygen atoms in total. The Labute approximate surface area is 173 Å². The van der Waals surface area contributed by atoms with Gasteiger partial charge in [0.15, 0.2) is 5.75 Å². The molecule has 1 heterocycles. The van der Waals surface area contributed by atoms with Crippen LogP contribution >= 0.6 is 0 Å². The minimum atomic E-state index is -0.504. The van der Waals surface area contributed by atoms with Gasteiger partial charge in [-0.05, 0) is 43.2 Å². The summed E-state index contributed by atoms with van der Waals surface area (Å²) in [6.07, 6.45) is 1.62. The van der Waals surface area contributed by atoms with Crippen molar-refractivity contribution in [1.29, 1.82) is 0 Å². The number of furan rings is 1. The van der Waals surface area contributed by atoms with E-state index in [0.29, 0.717) is 11.5 Å².